The zero-order chi connectivity index (χ0) is 25.9. The number of likely N-dealkylation sites (tertiary alicyclic amines) is 1. The van der Waals surface area contributed by atoms with Gasteiger partial charge in [-0.15, -0.1) is 0 Å². The highest BCUT2D eigenvalue weighted by atomic mass is 19.1. The molecule has 0 radical (unpaired) electrons. The Labute approximate surface area is 210 Å². The minimum absolute atomic E-state index is 0.0137. The molecule has 2 N–H and O–H groups in total. The summed E-state index contributed by atoms with van der Waals surface area (Å²) in [6, 6.07) is 15.5. The zero-order valence-electron chi connectivity index (χ0n) is 19.8. The molecule has 0 bridgehead atoms. The monoisotopic (exact) mass is 504 g/mol. The molecule has 8 heteroatoms. The number of furan rings is 1. The second-order valence-electron chi connectivity index (χ2n) is 9.99. The molecule has 0 atom stereocenters. The number of benzene rings is 3. The van der Waals surface area contributed by atoms with Crippen LogP contribution in [0.3, 0.4) is 0 Å². The Kier molecular flexibility index (Phi) is 5.36. The number of nitrogens with two attached hydrogens (primary N) is 1. The number of carbonyl (C=O) groups excluding carboxylic acids is 2. The molecular formula is C29H23F3N2O3. The third-order valence-corrected chi connectivity index (χ3v) is 7.36. The lowest BCUT2D eigenvalue weighted by Gasteiger charge is -2.34. The Hall–Kier alpha value is -4.07. The molecule has 2 aliphatic rings. The van der Waals surface area contributed by atoms with E-state index in [0.29, 0.717) is 52.7 Å². The highest BCUT2D eigenvalue weighted by Crippen LogP contribution is 2.49. The second-order valence-corrected chi connectivity index (χ2v) is 9.99. The summed E-state index contributed by atoms with van der Waals surface area (Å²) in [4.78, 5) is 25.8. The summed E-state index contributed by atoms with van der Waals surface area (Å²) in [5.41, 5.74) is 7.81. The van der Waals surface area contributed by atoms with Gasteiger partial charge >= 0.3 is 0 Å². The van der Waals surface area contributed by atoms with Gasteiger partial charge in [-0.3, -0.25) is 9.59 Å². The lowest BCUT2D eigenvalue weighted by molar-refractivity contribution is -0.123. The van der Waals surface area contributed by atoms with Crippen molar-refractivity contribution in [3.8, 4) is 22.3 Å². The molecule has 5 nitrogen and oxygen atoms in total. The minimum Gasteiger partial charge on any atom is -0.460 e. The number of hydrogen-bond donors (Lipinski definition) is 1. The van der Waals surface area contributed by atoms with E-state index in [9.17, 15) is 18.4 Å². The number of primary amides is 1. The molecule has 37 heavy (non-hydrogen) atoms. The number of hydrogen-bond acceptors (Lipinski definition) is 3. The Balaban J connectivity index is 1.42. The van der Waals surface area contributed by atoms with Gasteiger partial charge in [0.15, 0.2) is 0 Å². The van der Waals surface area contributed by atoms with Crippen LogP contribution < -0.4 is 5.73 Å². The van der Waals surface area contributed by atoms with Gasteiger partial charge in [0, 0.05) is 28.5 Å². The quantitative estimate of drug-likeness (QED) is 0.369. The van der Waals surface area contributed by atoms with E-state index in [0.717, 1.165) is 6.07 Å². The van der Waals surface area contributed by atoms with Crippen LogP contribution in [0.15, 0.2) is 65.1 Å². The fourth-order valence-electron chi connectivity index (χ4n) is 4.94. The normalized spacial score (nSPS) is 16.6. The average Bonchev–Trinajstić information content (AvgIpc) is 3.53. The van der Waals surface area contributed by atoms with Crippen molar-refractivity contribution < 1.29 is 27.2 Å². The van der Waals surface area contributed by atoms with Gasteiger partial charge in [0.1, 0.15) is 29.1 Å². The van der Waals surface area contributed by atoms with E-state index < -0.39 is 23.3 Å². The first-order valence-electron chi connectivity index (χ1n) is 12.1. The van der Waals surface area contributed by atoms with E-state index in [2.05, 4.69) is 0 Å². The standard InChI is InChI=1S/C29H23F3N2O3/c30-20-4-1-16(2-5-20)24-11-18(9-19-10-22(37-26(19)24)13-29(7-8-29)28(33)36)23-6-3-17(12-25(23)32)27(35)34-14-21(31)15-34/h1-6,9-12,21H,7-8,13-15H2,(H2,33,36). The van der Waals surface area contributed by atoms with Crippen LogP contribution in [0, 0.1) is 17.0 Å². The molecule has 1 saturated carbocycles. The van der Waals surface area contributed by atoms with Crippen LogP contribution in [-0.2, 0) is 11.2 Å². The summed E-state index contributed by atoms with van der Waals surface area (Å²) in [5, 5.41) is 0.696. The van der Waals surface area contributed by atoms with Crippen molar-refractivity contribution in [2.24, 2.45) is 11.1 Å². The van der Waals surface area contributed by atoms with Gasteiger partial charge in [-0.25, -0.2) is 13.2 Å². The van der Waals surface area contributed by atoms with E-state index in [1.807, 2.05) is 6.07 Å². The summed E-state index contributed by atoms with van der Waals surface area (Å²) in [7, 11) is 0. The van der Waals surface area contributed by atoms with E-state index >= 15 is 4.39 Å². The van der Waals surface area contributed by atoms with E-state index in [1.165, 1.54) is 29.2 Å². The summed E-state index contributed by atoms with van der Waals surface area (Å²) < 4.78 is 48.2. The topological polar surface area (TPSA) is 76.5 Å². The largest absolute Gasteiger partial charge is 0.460 e. The first kappa shape index (κ1) is 23.3. The van der Waals surface area contributed by atoms with Crippen LogP contribution in [0.2, 0.25) is 0 Å². The molecule has 2 amide bonds. The fraction of sp³-hybridized carbons (Fsp3) is 0.241. The highest BCUT2D eigenvalue weighted by molar-refractivity contribution is 5.98. The highest BCUT2D eigenvalue weighted by Gasteiger charge is 2.49. The molecule has 6 rings (SSSR count). The molecule has 0 unspecified atom stereocenters. The molecule has 1 aliphatic heterocycles. The van der Waals surface area contributed by atoms with Crippen molar-refractivity contribution in [3.63, 3.8) is 0 Å². The molecule has 3 aromatic carbocycles. The Morgan fingerprint density at radius 1 is 0.946 bits per heavy atom. The van der Waals surface area contributed by atoms with Crippen LogP contribution >= 0.6 is 0 Å². The molecule has 0 spiro atoms. The Bertz CT molecular complexity index is 1550. The maximum Gasteiger partial charge on any atom is 0.254 e. The number of halogens is 3. The third-order valence-electron chi connectivity index (χ3n) is 7.36. The van der Waals surface area contributed by atoms with Gasteiger partial charge in [0.25, 0.3) is 5.91 Å². The molecule has 1 saturated heterocycles. The van der Waals surface area contributed by atoms with Crippen molar-refractivity contribution in [2.75, 3.05) is 13.1 Å². The summed E-state index contributed by atoms with van der Waals surface area (Å²) in [5.74, 6) is -1.16. The van der Waals surface area contributed by atoms with Gasteiger partial charge in [-0.05, 0) is 66.4 Å². The van der Waals surface area contributed by atoms with Crippen molar-refractivity contribution in [3.05, 3.63) is 83.6 Å². The number of rotatable bonds is 6. The lowest BCUT2D eigenvalue weighted by Crippen LogP contribution is -2.51. The number of amides is 2. The van der Waals surface area contributed by atoms with E-state index in [-0.39, 0.29) is 35.9 Å². The van der Waals surface area contributed by atoms with Crippen LogP contribution in [-0.4, -0.2) is 36.0 Å². The van der Waals surface area contributed by atoms with E-state index in [4.69, 9.17) is 10.2 Å². The summed E-state index contributed by atoms with van der Waals surface area (Å²) in [6.45, 7) is 0.0273. The molecule has 2 fully saturated rings. The third kappa shape index (κ3) is 4.16. The van der Waals surface area contributed by atoms with Gasteiger partial charge in [0.2, 0.25) is 5.91 Å². The minimum atomic E-state index is -1.04. The van der Waals surface area contributed by atoms with Gasteiger partial charge in [-0.1, -0.05) is 18.2 Å². The molecule has 1 aromatic heterocycles. The molecular weight excluding hydrogens is 481 g/mol. The number of carbonyl (C=O) groups is 2. The van der Waals surface area contributed by atoms with Crippen LogP contribution in [0.1, 0.15) is 29.0 Å². The predicted octanol–water partition coefficient (Wildman–Crippen LogP) is 5.65. The van der Waals surface area contributed by atoms with Crippen LogP contribution in [0.4, 0.5) is 13.2 Å². The van der Waals surface area contributed by atoms with Gasteiger partial charge in [-0.2, -0.15) is 0 Å². The SMILES string of the molecule is NC(=O)C1(Cc2cc3cc(-c4ccc(C(=O)N5CC(F)C5)cc4F)cc(-c4ccc(F)cc4)c3o2)CC1. The van der Waals surface area contributed by atoms with Gasteiger partial charge in [0.05, 0.1) is 18.5 Å². The molecule has 188 valence electrons. The average molecular weight is 505 g/mol. The Morgan fingerprint density at radius 2 is 1.68 bits per heavy atom. The molecule has 1 aliphatic carbocycles. The first-order valence-corrected chi connectivity index (χ1v) is 12.1. The summed E-state index contributed by atoms with van der Waals surface area (Å²) in [6.07, 6.45) is 0.739. The van der Waals surface area contributed by atoms with Crippen molar-refractivity contribution >= 4 is 22.8 Å². The fourth-order valence-corrected chi connectivity index (χ4v) is 4.94. The maximum atomic E-state index is 15.3. The Morgan fingerprint density at radius 3 is 2.30 bits per heavy atom. The van der Waals surface area contributed by atoms with Crippen molar-refractivity contribution in [1.29, 1.82) is 0 Å². The number of fused-ring (bicyclic) bond motifs is 1. The van der Waals surface area contributed by atoms with Crippen LogP contribution in [0.5, 0.6) is 0 Å². The first-order chi connectivity index (χ1) is 17.7. The predicted molar refractivity (Wildman–Crippen MR) is 132 cm³/mol. The van der Waals surface area contributed by atoms with Crippen LogP contribution in [0.25, 0.3) is 33.2 Å². The molecule has 2 heterocycles. The van der Waals surface area contributed by atoms with Gasteiger partial charge < -0.3 is 15.1 Å². The summed E-state index contributed by atoms with van der Waals surface area (Å²) >= 11 is 0. The van der Waals surface area contributed by atoms with Crippen molar-refractivity contribution in [1.82, 2.24) is 4.90 Å². The maximum absolute atomic E-state index is 15.3. The number of nitrogens with zero attached hydrogens (tertiary/aromatic N) is 1. The van der Waals surface area contributed by atoms with Crippen molar-refractivity contribution in [2.45, 2.75) is 25.4 Å². The number of alkyl halides is 1. The lowest BCUT2D eigenvalue weighted by atomic mass is 9.95. The second kappa shape index (κ2) is 8.50. The zero-order valence-corrected chi connectivity index (χ0v) is 19.8. The van der Waals surface area contributed by atoms with E-state index in [1.54, 1.807) is 24.3 Å². The molecule has 4 aromatic rings. The smallest absolute Gasteiger partial charge is 0.254 e.